The van der Waals surface area contributed by atoms with E-state index in [4.69, 9.17) is 0 Å². The van der Waals surface area contributed by atoms with E-state index in [9.17, 15) is 15.0 Å². The topological polar surface area (TPSA) is 57.5 Å². The minimum atomic E-state index is -0.992. The highest BCUT2D eigenvalue weighted by Crippen LogP contribution is 2.61. The Morgan fingerprint density at radius 1 is 1.17 bits per heavy atom. The average Bonchev–Trinajstić information content (AvgIpc) is 2.98. The summed E-state index contributed by atoms with van der Waals surface area (Å²) in [4.78, 5) is 11.6. The first-order chi connectivity index (χ1) is 10.7. The number of rotatable bonds is 1. The maximum absolute atomic E-state index is 11.6. The molecule has 0 aliphatic heterocycles. The van der Waals surface area contributed by atoms with Gasteiger partial charge in [-0.1, -0.05) is 43.2 Å². The number of hydrogen-bond donors (Lipinski definition) is 2. The second kappa shape index (κ2) is 7.04. The minimum absolute atomic E-state index is 0.132. The van der Waals surface area contributed by atoms with Crippen LogP contribution in [-0.2, 0) is 4.79 Å². The largest absolute Gasteiger partial charge is 0.478 e. The van der Waals surface area contributed by atoms with Crippen molar-refractivity contribution in [2.24, 2.45) is 17.3 Å². The first-order valence-electron chi connectivity index (χ1n) is 8.67. The van der Waals surface area contributed by atoms with E-state index in [0.29, 0.717) is 12.3 Å². The van der Waals surface area contributed by atoms with Gasteiger partial charge in [-0.2, -0.15) is 0 Å². The van der Waals surface area contributed by atoms with Gasteiger partial charge in [0.2, 0.25) is 0 Å². The van der Waals surface area contributed by atoms with Crippen LogP contribution in [-0.4, -0.2) is 22.3 Å². The predicted octanol–water partition coefficient (Wildman–Crippen LogP) is 4.49. The highest BCUT2D eigenvalue weighted by Gasteiger charge is 2.55. The fourth-order valence-corrected chi connectivity index (χ4v) is 3.76. The lowest BCUT2D eigenvalue weighted by atomic mass is 9.99. The summed E-state index contributed by atoms with van der Waals surface area (Å²) in [5, 5.41) is 19.8. The standard InChI is InChI=1S/C20H30O3/c1-13-6-5-7-14(2)9-11-18(21)15(19(22)23)12-17-16(10-8-13)20(17,3)4/h6,9,12,16-18,21H,5,7-8,10-11H2,1-4H3,(H,22,23)/b13-6+,14-9+,15-12-/t16-,17-,18+/m0/s1. The summed E-state index contributed by atoms with van der Waals surface area (Å²) in [5.41, 5.74) is 2.93. The Labute approximate surface area is 139 Å². The molecule has 2 N–H and O–H groups in total. The quantitative estimate of drug-likeness (QED) is 0.700. The van der Waals surface area contributed by atoms with Crippen molar-refractivity contribution in [1.82, 2.24) is 0 Å². The van der Waals surface area contributed by atoms with Crippen molar-refractivity contribution in [1.29, 1.82) is 0 Å². The molecule has 23 heavy (non-hydrogen) atoms. The Morgan fingerprint density at radius 2 is 1.83 bits per heavy atom. The third-order valence-electron chi connectivity index (χ3n) is 5.67. The van der Waals surface area contributed by atoms with Crippen molar-refractivity contribution in [3.05, 3.63) is 34.9 Å². The number of carbonyl (C=O) groups is 1. The summed E-state index contributed by atoms with van der Waals surface area (Å²) in [6.45, 7) is 8.64. The third-order valence-corrected chi connectivity index (χ3v) is 5.67. The number of allylic oxidation sites excluding steroid dienone is 4. The average molecular weight is 318 g/mol. The van der Waals surface area contributed by atoms with E-state index < -0.39 is 12.1 Å². The molecule has 0 unspecified atom stereocenters. The predicted molar refractivity (Wildman–Crippen MR) is 93.1 cm³/mol. The van der Waals surface area contributed by atoms with Crippen molar-refractivity contribution in [2.75, 3.05) is 0 Å². The lowest BCUT2D eigenvalue weighted by molar-refractivity contribution is -0.133. The van der Waals surface area contributed by atoms with E-state index in [1.54, 1.807) is 0 Å². The number of aliphatic carboxylic acids is 1. The molecule has 1 fully saturated rings. The van der Waals surface area contributed by atoms with Gasteiger partial charge in [-0.3, -0.25) is 0 Å². The summed E-state index contributed by atoms with van der Waals surface area (Å²) >= 11 is 0. The maximum Gasteiger partial charge on any atom is 0.333 e. The first kappa shape index (κ1) is 18.0. The zero-order valence-electron chi connectivity index (χ0n) is 14.8. The summed E-state index contributed by atoms with van der Waals surface area (Å²) < 4.78 is 0. The van der Waals surface area contributed by atoms with Gasteiger partial charge < -0.3 is 10.2 Å². The van der Waals surface area contributed by atoms with E-state index >= 15 is 0 Å². The van der Waals surface area contributed by atoms with Crippen LogP contribution in [0.3, 0.4) is 0 Å². The number of carboxylic acid groups (broad SMARTS) is 1. The molecule has 0 amide bonds. The Kier molecular flexibility index (Phi) is 5.51. The number of carboxylic acids is 1. The third kappa shape index (κ3) is 4.35. The summed E-state index contributed by atoms with van der Waals surface area (Å²) in [5.74, 6) is -0.232. The monoisotopic (exact) mass is 318 g/mol. The molecule has 0 saturated heterocycles. The SMILES string of the molecule is C/C1=C\C[C@@H](O)/C(C(=O)O)=C/[C@H]2[C@H](CC/C(C)=C/CC1)C2(C)C. The van der Waals surface area contributed by atoms with Crippen LogP contribution in [0.15, 0.2) is 34.9 Å². The zero-order chi connectivity index (χ0) is 17.2. The van der Waals surface area contributed by atoms with Crippen molar-refractivity contribution in [3.63, 3.8) is 0 Å². The van der Waals surface area contributed by atoms with Crippen LogP contribution in [0.1, 0.15) is 59.8 Å². The molecule has 0 aromatic heterocycles. The molecular weight excluding hydrogens is 288 g/mol. The second-order valence-electron chi connectivity index (χ2n) is 7.81. The van der Waals surface area contributed by atoms with Crippen molar-refractivity contribution >= 4 is 5.97 Å². The first-order valence-corrected chi connectivity index (χ1v) is 8.67. The number of fused-ring (bicyclic) bond motifs is 1. The van der Waals surface area contributed by atoms with Gasteiger partial charge in [0.15, 0.2) is 0 Å². The molecule has 1 saturated carbocycles. The molecule has 2 aliphatic rings. The van der Waals surface area contributed by atoms with Crippen LogP contribution in [0.25, 0.3) is 0 Å². The Balaban J connectivity index is 2.27. The van der Waals surface area contributed by atoms with Crippen LogP contribution < -0.4 is 0 Å². The molecule has 128 valence electrons. The van der Waals surface area contributed by atoms with E-state index in [1.807, 2.05) is 19.1 Å². The van der Waals surface area contributed by atoms with Crippen LogP contribution in [0.4, 0.5) is 0 Å². The molecule has 0 spiro atoms. The summed E-state index contributed by atoms with van der Waals surface area (Å²) in [7, 11) is 0. The fourth-order valence-electron chi connectivity index (χ4n) is 3.76. The van der Waals surface area contributed by atoms with Crippen LogP contribution in [0, 0.1) is 17.3 Å². The van der Waals surface area contributed by atoms with Gasteiger partial charge in [0.05, 0.1) is 11.7 Å². The van der Waals surface area contributed by atoms with E-state index in [0.717, 1.165) is 25.7 Å². The van der Waals surface area contributed by atoms with Crippen molar-refractivity contribution < 1.29 is 15.0 Å². The molecule has 0 aromatic carbocycles. The van der Waals surface area contributed by atoms with E-state index in [1.165, 1.54) is 11.1 Å². The lowest BCUT2D eigenvalue weighted by Gasteiger charge is -2.11. The fraction of sp³-hybridized carbons (Fsp3) is 0.650. The maximum atomic E-state index is 11.6. The van der Waals surface area contributed by atoms with Crippen LogP contribution in [0.2, 0.25) is 0 Å². The van der Waals surface area contributed by atoms with Gasteiger partial charge in [0.1, 0.15) is 0 Å². The van der Waals surface area contributed by atoms with Crippen LogP contribution >= 0.6 is 0 Å². The summed E-state index contributed by atoms with van der Waals surface area (Å²) in [6.07, 6.45) is 9.74. The Hall–Kier alpha value is -1.35. The molecule has 3 nitrogen and oxygen atoms in total. The lowest BCUT2D eigenvalue weighted by Crippen LogP contribution is -2.18. The van der Waals surface area contributed by atoms with Crippen molar-refractivity contribution in [2.45, 2.75) is 65.9 Å². The molecule has 2 rings (SSSR count). The molecule has 0 radical (unpaired) electrons. The molecule has 0 heterocycles. The van der Waals surface area contributed by atoms with Crippen LogP contribution in [0.5, 0.6) is 0 Å². The van der Waals surface area contributed by atoms with Gasteiger partial charge in [0, 0.05) is 0 Å². The van der Waals surface area contributed by atoms with E-state index in [2.05, 4.69) is 26.8 Å². The van der Waals surface area contributed by atoms with Gasteiger partial charge in [-0.05, 0) is 63.2 Å². The Morgan fingerprint density at radius 3 is 2.48 bits per heavy atom. The summed E-state index contributed by atoms with van der Waals surface area (Å²) in [6, 6.07) is 0. The molecule has 0 bridgehead atoms. The normalized spacial score (nSPS) is 38.7. The van der Waals surface area contributed by atoms with Gasteiger partial charge in [-0.25, -0.2) is 4.79 Å². The smallest absolute Gasteiger partial charge is 0.333 e. The zero-order valence-corrected chi connectivity index (χ0v) is 14.8. The van der Waals surface area contributed by atoms with E-state index in [-0.39, 0.29) is 16.9 Å². The minimum Gasteiger partial charge on any atom is -0.478 e. The molecule has 3 heteroatoms. The van der Waals surface area contributed by atoms with Gasteiger partial charge in [0.25, 0.3) is 0 Å². The van der Waals surface area contributed by atoms with Gasteiger partial charge in [-0.15, -0.1) is 0 Å². The molecule has 2 aliphatic carbocycles. The Bertz CT molecular complexity index is 551. The number of aliphatic hydroxyl groups is 1. The van der Waals surface area contributed by atoms with Crippen molar-refractivity contribution in [3.8, 4) is 0 Å². The highest BCUT2D eigenvalue weighted by atomic mass is 16.4. The molecule has 0 aromatic rings. The highest BCUT2D eigenvalue weighted by molar-refractivity contribution is 5.87. The number of aliphatic hydroxyl groups excluding tert-OH is 1. The molecule has 3 atom stereocenters. The second-order valence-corrected chi connectivity index (χ2v) is 7.81. The van der Waals surface area contributed by atoms with Gasteiger partial charge >= 0.3 is 5.97 Å². The molecular formula is C20H30O3. The number of hydrogen-bond acceptors (Lipinski definition) is 2.